The van der Waals surface area contributed by atoms with Gasteiger partial charge >= 0.3 is 0 Å². The third-order valence-electron chi connectivity index (χ3n) is 2.98. The fourth-order valence-corrected chi connectivity index (χ4v) is 1.76. The zero-order valence-electron chi connectivity index (χ0n) is 10.8. The molecule has 3 nitrogen and oxygen atoms in total. The molecule has 0 amide bonds. The van der Waals surface area contributed by atoms with Crippen molar-refractivity contribution in [3.63, 3.8) is 0 Å². The first-order valence-corrected chi connectivity index (χ1v) is 5.97. The van der Waals surface area contributed by atoms with Crippen LogP contribution in [0.1, 0.15) is 18.5 Å². The van der Waals surface area contributed by atoms with Gasteiger partial charge in [0.25, 0.3) is 0 Å². The van der Waals surface area contributed by atoms with Gasteiger partial charge in [-0.15, -0.1) is 0 Å². The Hall–Kier alpha value is -0.610. The number of hydrogen-bond donors (Lipinski definition) is 0. The lowest BCUT2D eigenvalue weighted by Crippen LogP contribution is -2.33. The summed E-state index contributed by atoms with van der Waals surface area (Å²) in [5.41, 5.74) is 1.22. The summed E-state index contributed by atoms with van der Waals surface area (Å²) in [6.45, 7) is 2.86. The minimum Gasteiger partial charge on any atom is -0.355 e. The van der Waals surface area contributed by atoms with Gasteiger partial charge in [0, 0.05) is 31.8 Å². The number of hydrogen-bond acceptors (Lipinski definition) is 3. The van der Waals surface area contributed by atoms with Crippen LogP contribution in [-0.2, 0) is 9.47 Å². The minimum absolute atomic E-state index is 0.199. The van der Waals surface area contributed by atoms with Gasteiger partial charge in [-0.05, 0) is 31.7 Å². The van der Waals surface area contributed by atoms with Crippen molar-refractivity contribution in [3.05, 3.63) is 34.9 Å². The summed E-state index contributed by atoms with van der Waals surface area (Å²) in [5.74, 6) is 0. The number of ether oxygens (including phenoxy) is 2. The number of likely N-dealkylation sites (N-methyl/N-ethyl adjacent to an activating group) is 1. The first-order valence-electron chi connectivity index (χ1n) is 5.59. The first kappa shape index (κ1) is 14.5. The molecule has 0 heterocycles. The molecule has 1 rings (SSSR count). The fraction of sp³-hybridized carbons (Fsp3) is 0.538. The van der Waals surface area contributed by atoms with E-state index in [0.29, 0.717) is 6.04 Å². The minimum atomic E-state index is -0.199. The molecule has 1 aromatic rings. The summed E-state index contributed by atoms with van der Waals surface area (Å²) in [5, 5.41) is 0.760. The zero-order chi connectivity index (χ0) is 12.8. The highest BCUT2D eigenvalue weighted by Gasteiger charge is 2.16. The molecular formula is C13H20ClNO2. The van der Waals surface area contributed by atoms with Gasteiger partial charge in [-0.2, -0.15) is 0 Å². The molecule has 4 heteroatoms. The van der Waals surface area contributed by atoms with Crippen molar-refractivity contribution >= 4 is 11.6 Å². The normalized spacial score (nSPS) is 13.4. The van der Waals surface area contributed by atoms with Gasteiger partial charge in [-0.25, -0.2) is 0 Å². The molecule has 0 N–H and O–H groups in total. The van der Waals surface area contributed by atoms with E-state index in [-0.39, 0.29) is 6.29 Å². The van der Waals surface area contributed by atoms with Gasteiger partial charge < -0.3 is 9.47 Å². The van der Waals surface area contributed by atoms with E-state index in [0.717, 1.165) is 11.6 Å². The van der Waals surface area contributed by atoms with E-state index < -0.39 is 0 Å². The molecular weight excluding hydrogens is 238 g/mol. The van der Waals surface area contributed by atoms with Crippen LogP contribution in [-0.4, -0.2) is 39.0 Å². The van der Waals surface area contributed by atoms with Gasteiger partial charge in [0.1, 0.15) is 0 Å². The van der Waals surface area contributed by atoms with Crippen LogP contribution < -0.4 is 0 Å². The Labute approximate surface area is 108 Å². The molecule has 0 fully saturated rings. The van der Waals surface area contributed by atoms with E-state index in [4.69, 9.17) is 21.1 Å². The van der Waals surface area contributed by atoms with E-state index >= 15 is 0 Å². The Balaban J connectivity index is 2.62. The van der Waals surface area contributed by atoms with Crippen molar-refractivity contribution in [2.45, 2.75) is 19.3 Å². The number of halogens is 1. The monoisotopic (exact) mass is 257 g/mol. The number of nitrogens with zero attached hydrogens (tertiary/aromatic N) is 1. The molecule has 0 saturated heterocycles. The summed E-state index contributed by atoms with van der Waals surface area (Å²) in [7, 11) is 5.34. The molecule has 1 unspecified atom stereocenters. The Morgan fingerprint density at radius 1 is 1.18 bits per heavy atom. The molecule has 0 aliphatic carbocycles. The van der Waals surface area contributed by atoms with Crippen LogP contribution in [0.5, 0.6) is 0 Å². The molecule has 0 aromatic heterocycles. The van der Waals surface area contributed by atoms with E-state index in [2.05, 4.69) is 11.8 Å². The highest BCUT2D eigenvalue weighted by atomic mass is 35.5. The summed E-state index contributed by atoms with van der Waals surface area (Å²) in [6, 6.07) is 8.19. The summed E-state index contributed by atoms with van der Waals surface area (Å²) in [4.78, 5) is 2.18. The van der Waals surface area contributed by atoms with Crippen molar-refractivity contribution in [2.24, 2.45) is 0 Å². The molecule has 0 bridgehead atoms. The highest BCUT2D eigenvalue weighted by molar-refractivity contribution is 6.30. The molecule has 17 heavy (non-hydrogen) atoms. The molecule has 0 saturated carbocycles. The van der Waals surface area contributed by atoms with Gasteiger partial charge in [-0.1, -0.05) is 23.7 Å². The molecule has 0 spiro atoms. The predicted octanol–water partition coefficient (Wildman–Crippen LogP) is 2.95. The predicted molar refractivity (Wildman–Crippen MR) is 70.3 cm³/mol. The van der Waals surface area contributed by atoms with Gasteiger partial charge in [0.05, 0.1) is 0 Å². The topological polar surface area (TPSA) is 21.7 Å². The lowest BCUT2D eigenvalue weighted by atomic mass is 10.1. The Morgan fingerprint density at radius 3 is 2.18 bits per heavy atom. The molecule has 0 aliphatic heterocycles. The zero-order valence-corrected chi connectivity index (χ0v) is 11.6. The van der Waals surface area contributed by atoms with E-state index in [9.17, 15) is 0 Å². The lowest BCUT2D eigenvalue weighted by molar-refractivity contribution is -0.117. The largest absolute Gasteiger partial charge is 0.355 e. The average molecular weight is 258 g/mol. The number of methoxy groups -OCH3 is 2. The standard InChI is InChI=1S/C13H20ClNO2/c1-10(11-5-7-12(14)8-6-11)15(2)9-13(16-3)17-4/h5-8,10,13H,9H2,1-4H3. The maximum Gasteiger partial charge on any atom is 0.169 e. The SMILES string of the molecule is COC(CN(C)C(C)c1ccc(Cl)cc1)OC. The summed E-state index contributed by atoms with van der Waals surface area (Å²) < 4.78 is 10.4. The lowest BCUT2D eigenvalue weighted by Gasteiger charge is -2.28. The Morgan fingerprint density at radius 2 is 1.71 bits per heavy atom. The van der Waals surface area contributed by atoms with Crippen LogP contribution in [0.4, 0.5) is 0 Å². The van der Waals surface area contributed by atoms with E-state index in [1.165, 1.54) is 5.56 Å². The van der Waals surface area contributed by atoms with Crippen molar-refractivity contribution < 1.29 is 9.47 Å². The van der Waals surface area contributed by atoms with Crippen LogP contribution in [0.3, 0.4) is 0 Å². The third-order valence-corrected chi connectivity index (χ3v) is 3.23. The average Bonchev–Trinajstić information content (AvgIpc) is 2.35. The molecule has 0 aliphatic rings. The smallest absolute Gasteiger partial charge is 0.169 e. The third kappa shape index (κ3) is 4.28. The Bertz CT molecular complexity index is 325. The molecule has 1 aromatic carbocycles. The van der Waals surface area contributed by atoms with Gasteiger partial charge in [-0.3, -0.25) is 4.90 Å². The molecule has 96 valence electrons. The van der Waals surface area contributed by atoms with E-state index in [1.54, 1.807) is 14.2 Å². The van der Waals surface area contributed by atoms with Crippen LogP contribution >= 0.6 is 11.6 Å². The van der Waals surface area contributed by atoms with Crippen LogP contribution in [0.15, 0.2) is 24.3 Å². The van der Waals surface area contributed by atoms with Crippen LogP contribution in [0.25, 0.3) is 0 Å². The second-order valence-corrected chi connectivity index (χ2v) is 4.50. The van der Waals surface area contributed by atoms with Crippen LogP contribution in [0.2, 0.25) is 5.02 Å². The van der Waals surface area contributed by atoms with Crippen molar-refractivity contribution in [1.82, 2.24) is 4.90 Å². The molecule has 0 radical (unpaired) electrons. The quantitative estimate of drug-likeness (QED) is 0.732. The Kier molecular flexibility index (Phi) is 5.92. The van der Waals surface area contributed by atoms with Crippen molar-refractivity contribution in [1.29, 1.82) is 0 Å². The molecule has 1 atom stereocenters. The fourth-order valence-electron chi connectivity index (χ4n) is 1.63. The first-order chi connectivity index (χ1) is 8.08. The van der Waals surface area contributed by atoms with Crippen LogP contribution in [0, 0.1) is 0 Å². The maximum atomic E-state index is 5.87. The van der Waals surface area contributed by atoms with Crippen molar-refractivity contribution in [3.8, 4) is 0 Å². The summed E-state index contributed by atoms with van der Waals surface area (Å²) in [6.07, 6.45) is -0.199. The highest BCUT2D eigenvalue weighted by Crippen LogP contribution is 2.21. The second-order valence-electron chi connectivity index (χ2n) is 4.07. The number of rotatable bonds is 6. The van der Waals surface area contributed by atoms with Gasteiger partial charge in [0.2, 0.25) is 0 Å². The van der Waals surface area contributed by atoms with Gasteiger partial charge in [0.15, 0.2) is 6.29 Å². The summed E-state index contributed by atoms with van der Waals surface area (Å²) >= 11 is 5.87. The number of benzene rings is 1. The second kappa shape index (κ2) is 6.97. The van der Waals surface area contributed by atoms with E-state index in [1.807, 2.05) is 31.3 Å². The van der Waals surface area contributed by atoms with Crippen molar-refractivity contribution in [2.75, 3.05) is 27.8 Å². The maximum absolute atomic E-state index is 5.87.